The zero-order valence-electron chi connectivity index (χ0n) is 17.9. The largest absolute Gasteiger partial charge is 0.325 e. The molecular weight excluding hydrogens is 440 g/mol. The van der Waals surface area contributed by atoms with Gasteiger partial charge in [-0.25, -0.2) is 0 Å². The summed E-state index contributed by atoms with van der Waals surface area (Å²) in [5.74, 6) is 0.944. The van der Waals surface area contributed by atoms with Gasteiger partial charge in [0.15, 0.2) is 5.16 Å². The second kappa shape index (κ2) is 10.0. The fourth-order valence-electron chi connectivity index (χ4n) is 3.34. The molecule has 4 rings (SSSR count). The Morgan fingerprint density at radius 1 is 0.969 bits per heavy atom. The predicted octanol–water partition coefficient (Wildman–Crippen LogP) is 5.86. The van der Waals surface area contributed by atoms with Gasteiger partial charge in [-0.05, 0) is 60.9 Å². The number of rotatable bonds is 7. The number of halogens is 1. The van der Waals surface area contributed by atoms with Crippen molar-refractivity contribution in [3.63, 3.8) is 0 Å². The van der Waals surface area contributed by atoms with Crippen molar-refractivity contribution < 1.29 is 4.79 Å². The molecule has 0 aliphatic carbocycles. The third kappa shape index (κ3) is 5.21. The predicted molar refractivity (Wildman–Crippen MR) is 131 cm³/mol. The average molecular weight is 463 g/mol. The molecule has 7 heteroatoms. The fourth-order valence-corrected chi connectivity index (χ4v) is 4.24. The van der Waals surface area contributed by atoms with Crippen LogP contribution in [-0.4, -0.2) is 26.4 Å². The van der Waals surface area contributed by atoms with Crippen molar-refractivity contribution in [3.8, 4) is 5.69 Å². The minimum atomic E-state index is -0.0843. The van der Waals surface area contributed by atoms with Gasteiger partial charge in [-0.3, -0.25) is 9.36 Å². The van der Waals surface area contributed by atoms with Gasteiger partial charge in [0.25, 0.3) is 0 Å². The normalized spacial score (nSPS) is 10.8. The second-order valence-electron chi connectivity index (χ2n) is 7.46. The molecule has 5 nitrogen and oxygen atoms in total. The van der Waals surface area contributed by atoms with E-state index in [1.807, 2.05) is 79.1 Å². The highest BCUT2D eigenvalue weighted by molar-refractivity contribution is 7.99. The number of hydrogen-bond donors (Lipinski definition) is 1. The second-order valence-corrected chi connectivity index (χ2v) is 8.84. The van der Waals surface area contributed by atoms with Crippen molar-refractivity contribution in [2.24, 2.45) is 0 Å². The molecule has 0 unspecified atom stereocenters. The van der Waals surface area contributed by atoms with Gasteiger partial charge in [0, 0.05) is 22.8 Å². The van der Waals surface area contributed by atoms with Crippen molar-refractivity contribution in [2.75, 3.05) is 11.1 Å². The van der Waals surface area contributed by atoms with Crippen LogP contribution in [0.4, 0.5) is 5.69 Å². The number of carbonyl (C=O) groups is 1. The third-order valence-corrected chi connectivity index (χ3v) is 6.38. The Bertz CT molecular complexity index is 1220. The summed E-state index contributed by atoms with van der Waals surface area (Å²) >= 11 is 7.45. The van der Waals surface area contributed by atoms with E-state index >= 15 is 0 Å². The Kier molecular flexibility index (Phi) is 6.93. The number of amides is 1. The van der Waals surface area contributed by atoms with Gasteiger partial charge in [-0.15, -0.1) is 10.2 Å². The smallest absolute Gasteiger partial charge is 0.234 e. The maximum absolute atomic E-state index is 12.6. The first kappa shape index (κ1) is 22.1. The Balaban J connectivity index is 1.55. The Morgan fingerprint density at radius 3 is 2.47 bits per heavy atom. The number of anilines is 1. The molecule has 162 valence electrons. The first-order valence-corrected chi connectivity index (χ1v) is 11.6. The van der Waals surface area contributed by atoms with E-state index in [0.29, 0.717) is 16.6 Å². The molecular formula is C25H23ClN4OS. The van der Waals surface area contributed by atoms with E-state index in [9.17, 15) is 4.79 Å². The van der Waals surface area contributed by atoms with E-state index < -0.39 is 0 Å². The van der Waals surface area contributed by atoms with Crippen LogP contribution in [0.3, 0.4) is 0 Å². The molecule has 0 saturated carbocycles. The van der Waals surface area contributed by atoms with E-state index in [2.05, 4.69) is 27.6 Å². The topological polar surface area (TPSA) is 59.8 Å². The van der Waals surface area contributed by atoms with Gasteiger partial charge in [0.1, 0.15) is 5.82 Å². The van der Waals surface area contributed by atoms with E-state index in [4.69, 9.17) is 11.6 Å². The molecule has 1 amide bonds. The summed E-state index contributed by atoms with van der Waals surface area (Å²) in [5.41, 5.74) is 5.09. The van der Waals surface area contributed by atoms with Crippen LogP contribution in [0.15, 0.2) is 78.0 Å². The van der Waals surface area contributed by atoms with Crippen LogP contribution in [0.1, 0.15) is 22.5 Å². The highest BCUT2D eigenvalue weighted by Gasteiger charge is 2.17. The highest BCUT2D eigenvalue weighted by Crippen LogP contribution is 2.25. The van der Waals surface area contributed by atoms with Gasteiger partial charge in [0.05, 0.1) is 5.75 Å². The summed E-state index contributed by atoms with van der Waals surface area (Å²) < 4.78 is 1.99. The molecule has 0 atom stereocenters. The van der Waals surface area contributed by atoms with Crippen LogP contribution >= 0.6 is 23.4 Å². The minimum absolute atomic E-state index is 0.0843. The minimum Gasteiger partial charge on any atom is -0.325 e. The van der Waals surface area contributed by atoms with Crippen molar-refractivity contribution in [1.29, 1.82) is 0 Å². The first-order valence-electron chi connectivity index (χ1n) is 10.2. The lowest BCUT2D eigenvalue weighted by molar-refractivity contribution is -0.113. The number of nitrogens with one attached hydrogen (secondary N) is 1. The first-order chi connectivity index (χ1) is 15.5. The molecule has 4 aromatic rings. The molecule has 0 fully saturated rings. The summed E-state index contributed by atoms with van der Waals surface area (Å²) in [4.78, 5) is 12.6. The quantitative estimate of drug-likeness (QED) is 0.349. The Morgan fingerprint density at radius 2 is 1.72 bits per heavy atom. The summed E-state index contributed by atoms with van der Waals surface area (Å²) in [7, 11) is 0. The molecule has 3 aromatic carbocycles. The molecule has 0 bridgehead atoms. The van der Waals surface area contributed by atoms with Crippen molar-refractivity contribution in [2.45, 2.75) is 25.4 Å². The summed E-state index contributed by atoms with van der Waals surface area (Å²) in [6.45, 7) is 4.04. The molecule has 0 aliphatic rings. The molecule has 1 aromatic heterocycles. The van der Waals surface area contributed by atoms with Crippen molar-refractivity contribution in [3.05, 3.63) is 100 Å². The average Bonchev–Trinajstić information content (AvgIpc) is 3.19. The van der Waals surface area contributed by atoms with Gasteiger partial charge >= 0.3 is 0 Å². The Labute approximate surface area is 196 Å². The highest BCUT2D eigenvalue weighted by atomic mass is 35.5. The number of carbonyl (C=O) groups excluding carboxylic acids is 1. The van der Waals surface area contributed by atoms with Crippen LogP contribution in [0, 0.1) is 13.8 Å². The van der Waals surface area contributed by atoms with Crippen LogP contribution in [0.5, 0.6) is 0 Å². The molecule has 1 heterocycles. The molecule has 0 spiro atoms. The molecule has 0 radical (unpaired) electrons. The van der Waals surface area contributed by atoms with Crippen LogP contribution < -0.4 is 5.32 Å². The zero-order chi connectivity index (χ0) is 22.5. The van der Waals surface area contributed by atoms with E-state index in [-0.39, 0.29) is 11.7 Å². The van der Waals surface area contributed by atoms with Gasteiger partial charge in [-0.1, -0.05) is 65.8 Å². The van der Waals surface area contributed by atoms with E-state index in [1.165, 1.54) is 11.8 Å². The van der Waals surface area contributed by atoms with Crippen LogP contribution in [0.25, 0.3) is 5.69 Å². The molecule has 0 aliphatic heterocycles. The van der Waals surface area contributed by atoms with Crippen molar-refractivity contribution in [1.82, 2.24) is 14.8 Å². The van der Waals surface area contributed by atoms with Gasteiger partial charge in [-0.2, -0.15) is 0 Å². The van der Waals surface area contributed by atoms with Crippen LogP contribution in [-0.2, 0) is 11.2 Å². The van der Waals surface area contributed by atoms with Gasteiger partial charge < -0.3 is 5.32 Å². The standard InChI is InChI=1S/C25H23ClN4OS/c1-17-7-6-10-22(18(17)2)27-24(31)16-32-25-29-28-23(15-19-8-4-3-5-9-19)30(25)21-13-11-20(26)12-14-21/h3-14H,15-16H2,1-2H3,(H,27,31). The van der Waals surface area contributed by atoms with Crippen LogP contribution in [0.2, 0.25) is 5.02 Å². The lowest BCUT2D eigenvalue weighted by Crippen LogP contribution is -2.15. The maximum Gasteiger partial charge on any atom is 0.234 e. The number of aryl methyl sites for hydroxylation is 1. The molecule has 1 N–H and O–H groups in total. The lowest BCUT2D eigenvalue weighted by Gasteiger charge is -2.12. The van der Waals surface area contributed by atoms with Gasteiger partial charge in [0.2, 0.25) is 5.91 Å². The number of nitrogens with zero attached hydrogens (tertiary/aromatic N) is 3. The maximum atomic E-state index is 12.6. The SMILES string of the molecule is Cc1cccc(NC(=O)CSc2nnc(Cc3ccccc3)n2-c2ccc(Cl)cc2)c1C. The lowest BCUT2D eigenvalue weighted by atomic mass is 10.1. The third-order valence-electron chi connectivity index (χ3n) is 5.20. The zero-order valence-corrected chi connectivity index (χ0v) is 19.5. The number of hydrogen-bond acceptors (Lipinski definition) is 4. The number of aromatic nitrogens is 3. The monoisotopic (exact) mass is 462 g/mol. The molecule has 0 saturated heterocycles. The summed E-state index contributed by atoms with van der Waals surface area (Å²) in [5, 5.41) is 13.1. The Hall–Kier alpha value is -3.09. The number of thioether (sulfide) groups is 1. The summed E-state index contributed by atoms with van der Waals surface area (Å²) in [6.07, 6.45) is 0.631. The molecule has 32 heavy (non-hydrogen) atoms. The fraction of sp³-hybridized carbons (Fsp3) is 0.160. The van der Waals surface area contributed by atoms with Crippen molar-refractivity contribution >= 4 is 35.0 Å². The van der Waals surface area contributed by atoms with E-state index in [1.54, 1.807) is 0 Å². The summed E-state index contributed by atoms with van der Waals surface area (Å²) in [6, 6.07) is 23.5. The van der Waals surface area contributed by atoms with E-state index in [0.717, 1.165) is 33.9 Å². The number of benzene rings is 3.